The van der Waals surface area contributed by atoms with Gasteiger partial charge in [-0.05, 0) is 63.2 Å². The van der Waals surface area contributed by atoms with Gasteiger partial charge in [-0.1, -0.05) is 107 Å². The molecular weight excluding hydrogens is 682 g/mol. The van der Waals surface area contributed by atoms with Gasteiger partial charge in [-0.15, -0.1) is 0 Å². The lowest BCUT2D eigenvalue weighted by Crippen LogP contribution is -2.30. The number of rotatable bonds is 6. The van der Waals surface area contributed by atoms with Crippen LogP contribution in [0.1, 0.15) is 19.4 Å². The largest absolute Gasteiger partial charge is 0.385 e. The first-order valence-corrected chi connectivity index (χ1v) is 17.3. The fourth-order valence-electron chi connectivity index (χ4n) is 4.58. The molecule has 0 unspecified atom stereocenters. The summed E-state index contributed by atoms with van der Waals surface area (Å²) >= 11 is 24.1. The van der Waals surface area contributed by atoms with Crippen LogP contribution in [0, 0.1) is 6.92 Å². The number of aromatic nitrogens is 2. The predicted molar refractivity (Wildman–Crippen MR) is 196 cm³/mol. The number of nitrogens with one attached hydrogen (secondary N) is 1. The molecule has 0 saturated carbocycles. The van der Waals surface area contributed by atoms with E-state index < -0.39 is 10.0 Å². The highest BCUT2D eigenvalue weighted by Gasteiger charge is 2.24. The van der Waals surface area contributed by atoms with E-state index in [0.29, 0.717) is 38.2 Å². The van der Waals surface area contributed by atoms with Gasteiger partial charge in [0.2, 0.25) is 0 Å². The lowest BCUT2D eigenvalue weighted by molar-refractivity contribution is 0.592. The molecule has 2 heterocycles. The van der Waals surface area contributed by atoms with Crippen molar-refractivity contribution < 1.29 is 8.42 Å². The molecule has 46 heavy (non-hydrogen) atoms. The van der Waals surface area contributed by atoms with E-state index in [4.69, 9.17) is 46.4 Å². The topological polar surface area (TPSA) is 75.2 Å². The Labute approximate surface area is 290 Å². The Morgan fingerprint density at radius 1 is 0.674 bits per heavy atom. The van der Waals surface area contributed by atoms with Crippen molar-refractivity contribution in [1.82, 2.24) is 9.97 Å². The molecule has 0 spiro atoms. The van der Waals surface area contributed by atoms with Gasteiger partial charge in [0.15, 0.2) is 0 Å². The summed E-state index contributed by atoms with van der Waals surface area (Å²) in [6.07, 6.45) is 3.02. The summed E-state index contributed by atoms with van der Waals surface area (Å²) in [6, 6.07) is 29.8. The molecule has 0 amide bonds. The zero-order valence-corrected chi connectivity index (χ0v) is 29.2. The Morgan fingerprint density at radius 3 is 1.74 bits per heavy atom. The Balaban J connectivity index is 0.000000181. The van der Waals surface area contributed by atoms with E-state index in [0.717, 1.165) is 22.9 Å². The summed E-state index contributed by atoms with van der Waals surface area (Å²) in [7, 11) is -3.72. The highest BCUT2D eigenvalue weighted by molar-refractivity contribution is 7.92. The van der Waals surface area contributed by atoms with Crippen LogP contribution in [0.2, 0.25) is 20.4 Å². The van der Waals surface area contributed by atoms with Crippen LogP contribution >= 0.6 is 46.4 Å². The van der Waals surface area contributed by atoms with E-state index in [9.17, 15) is 8.42 Å². The first-order chi connectivity index (χ1) is 22.1. The van der Waals surface area contributed by atoms with Crippen LogP contribution in [0.5, 0.6) is 0 Å². The Morgan fingerprint density at radius 2 is 1.20 bits per heavy atom. The molecule has 11 heteroatoms. The van der Waals surface area contributed by atoms with E-state index in [2.05, 4.69) is 34.3 Å². The number of anilines is 2. The van der Waals surface area contributed by atoms with Gasteiger partial charge in [-0.2, -0.15) is 0 Å². The molecular formula is C35H32Cl4N4O2S. The molecule has 0 aliphatic heterocycles. The number of benzene rings is 4. The summed E-state index contributed by atoms with van der Waals surface area (Å²) in [5.74, 6) is 0. The van der Waals surface area contributed by atoms with Crippen molar-refractivity contribution in [3.63, 3.8) is 0 Å². The summed E-state index contributed by atoms with van der Waals surface area (Å²) < 4.78 is 27.4. The number of hydrogen-bond donors (Lipinski definition) is 1. The fourth-order valence-corrected chi connectivity index (χ4v) is 6.92. The number of nitrogens with zero attached hydrogens (tertiary/aromatic N) is 3. The van der Waals surface area contributed by atoms with Crippen molar-refractivity contribution in [2.45, 2.75) is 25.7 Å². The Kier molecular flexibility index (Phi) is 12.5. The maximum absolute atomic E-state index is 13.0. The average Bonchev–Trinajstić information content (AvgIpc) is 3.06. The quantitative estimate of drug-likeness (QED) is 0.174. The second kappa shape index (κ2) is 16.3. The number of hydrogen-bond acceptors (Lipinski definition) is 5. The normalized spacial score (nSPS) is 10.8. The fraction of sp³-hybridized carbons (Fsp3) is 0.143. The Hall–Kier alpha value is -3.59. The maximum Gasteiger partial charge on any atom is 0.264 e. The van der Waals surface area contributed by atoms with E-state index in [1.54, 1.807) is 43.5 Å². The minimum absolute atomic E-state index is 0.145. The van der Waals surface area contributed by atoms with Crippen molar-refractivity contribution in [3.8, 4) is 0 Å². The summed E-state index contributed by atoms with van der Waals surface area (Å²) in [5.41, 5.74) is 2.95. The second-order valence-electron chi connectivity index (χ2n) is 9.95. The molecule has 0 atom stereocenters. The summed E-state index contributed by atoms with van der Waals surface area (Å²) in [4.78, 5) is 8.10. The lowest BCUT2D eigenvalue weighted by Gasteiger charge is -2.23. The molecule has 0 bridgehead atoms. The maximum atomic E-state index is 13.0. The molecule has 0 fully saturated rings. The molecule has 0 aliphatic carbocycles. The highest BCUT2D eigenvalue weighted by atomic mass is 35.5. The predicted octanol–water partition coefficient (Wildman–Crippen LogP) is 10.7. The summed E-state index contributed by atoms with van der Waals surface area (Å²) in [6.45, 7) is 7.19. The smallest absolute Gasteiger partial charge is 0.264 e. The molecule has 2 aromatic heterocycles. The van der Waals surface area contributed by atoms with Crippen molar-refractivity contribution in [1.29, 1.82) is 0 Å². The molecule has 0 aliphatic rings. The number of fused-ring (bicyclic) bond motifs is 2. The molecule has 1 N–H and O–H groups in total. The van der Waals surface area contributed by atoms with Gasteiger partial charge < -0.3 is 5.32 Å². The van der Waals surface area contributed by atoms with Crippen molar-refractivity contribution >= 4 is 89.3 Å². The van der Waals surface area contributed by atoms with Crippen LogP contribution in [0.3, 0.4) is 0 Å². The number of aryl methyl sites for hydroxylation is 1. The molecule has 6 nitrogen and oxygen atoms in total. The van der Waals surface area contributed by atoms with Gasteiger partial charge >= 0.3 is 0 Å². The number of halogens is 4. The van der Waals surface area contributed by atoms with Crippen molar-refractivity contribution in [2.24, 2.45) is 0 Å². The number of sulfonamides is 1. The van der Waals surface area contributed by atoms with E-state index in [1.807, 2.05) is 49.4 Å². The standard InChI is InChI=1S/C17H14Cl2N2O2S.C10H7Cl2N.C8H11N/c1-2-21(12-6-4-3-5-7-12)24(22,23)13-8-9-14-15(10-13)17(19)20-11-16(14)18;1-6-2-3-7-8(4-6)10(12)13-5-9(7)11;1-2-9-8-6-4-3-5-7-8/h3-11H,2H2,1H3;2-5H,1H3;3-7,9H,2H2,1H3. The van der Waals surface area contributed by atoms with Crippen LogP contribution in [0.4, 0.5) is 11.4 Å². The van der Waals surface area contributed by atoms with E-state index in [-0.39, 0.29) is 10.0 Å². The average molecular weight is 715 g/mol. The third-order valence-electron chi connectivity index (χ3n) is 6.78. The molecule has 6 aromatic rings. The van der Waals surface area contributed by atoms with Crippen LogP contribution in [0.15, 0.2) is 114 Å². The molecule has 238 valence electrons. The number of para-hydroxylation sites is 2. The van der Waals surface area contributed by atoms with Crippen LogP contribution in [-0.2, 0) is 10.0 Å². The van der Waals surface area contributed by atoms with E-state index >= 15 is 0 Å². The van der Waals surface area contributed by atoms with E-state index in [1.165, 1.54) is 28.3 Å². The molecule has 6 rings (SSSR count). The first kappa shape index (κ1) is 35.3. The zero-order chi connectivity index (χ0) is 33.3. The monoisotopic (exact) mass is 712 g/mol. The molecule has 0 radical (unpaired) electrons. The minimum Gasteiger partial charge on any atom is -0.385 e. The van der Waals surface area contributed by atoms with Crippen LogP contribution < -0.4 is 9.62 Å². The van der Waals surface area contributed by atoms with Crippen LogP contribution in [-0.4, -0.2) is 31.5 Å². The van der Waals surface area contributed by atoms with Gasteiger partial charge in [-0.25, -0.2) is 18.4 Å². The Bertz CT molecular complexity index is 2030. The van der Waals surface area contributed by atoms with Crippen molar-refractivity contribution in [2.75, 3.05) is 22.7 Å². The first-order valence-electron chi connectivity index (χ1n) is 14.4. The van der Waals surface area contributed by atoms with Gasteiger partial charge in [0.05, 0.1) is 20.6 Å². The molecule has 4 aromatic carbocycles. The third-order valence-corrected chi connectivity index (χ3v) is 9.89. The zero-order valence-electron chi connectivity index (χ0n) is 25.4. The van der Waals surface area contributed by atoms with Gasteiger partial charge in [0, 0.05) is 52.7 Å². The second-order valence-corrected chi connectivity index (χ2v) is 13.3. The minimum atomic E-state index is -3.72. The SMILES string of the molecule is CCN(c1ccccc1)S(=O)(=O)c1ccc2c(Cl)cnc(Cl)c2c1.CCNc1ccccc1.Cc1ccc2c(Cl)cnc(Cl)c2c1. The van der Waals surface area contributed by atoms with Gasteiger partial charge in [0.1, 0.15) is 10.3 Å². The summed E-state index contributed by atoms with van der Waals surface area (Å²) in [5, 5.41) is 8.03. The number of pyridine rings is 2. The third kappa shape index (κ3) is 8.60. The van der Waals surface area contributed by atoms with Crippen molar-refractivity contribution in [3.05, 3.63) is 135 Å². The lowest BCUT2D eigenvalue weighted by atomic mass is 10.1. The van der Waals surface area contributed by atoms with Gasteiger partial charge in [-0.3, -0.25) is 4.31 Å². The molecule has 0 saturated heterocycles. The van der Waals surface area contributed by atoms with Crippen LogP contribution in [0.25, 0.3) is 21.5 Å². The highest BCUT2D eigenvalue weighted by Crippen LogP contribution is 2.32. The van der Waals surface area contributed by atoms with Gasteiger partial charge in [0.25, 0.3) is 10.0 Å².